The molecule has 5 rings (SSSR count). The molecule has 1 aromatic heterocycles. The fourth-order valence-corrected chi connectivity index (χ4v) is 4.50. The van der Waals surface area contributed by atoms with Gasteiger partial charge in [-0.2, -0.15) is 8.42 Å². The highest BCUT2D eigenvalue weighted by atomic mass is 32.2. The number of benzene rings is 4. The molecule has 0 radical (unpaired) electrons. The molecule has 9 heteroatoms. The summed E-state index contributed by atoms with van der Waals surface area (Å²) in [6, 6.07) is 17.2. The summed E-state index contributed by atoms with van der Waals surface area (Å²) >= 11 is 0. The molecular weight excluding hydrogens is 447 g/mol. The van der Waals surface area contributed by atoms with Gasteiger partial charge in [-0.15, -0.1) is 0 Å². The highest BCUT2D eigenvalue weighted by Crippen LogP contribution is 2.40. The zero-order valence-corrected chi connectivity index (χ0v) is 18.0. The highest BCUT2D eigenvalue weighted by Gasteiger charge is 2.19. The van der Waals surface area contributed by atoms with E-state index in [0.29, 0.717) is 38.9 Å². The van der Waals surface area contributed by atoms with Gasteiger partial charge in [0.2, 0.25) is 0 Å². The molecular formula is C24H17FN2O5S. The fourth-order valence-electron chi connectivity index (χ4n) is 3.96. The summed E-state index contributed by atoms with van der Waals surface area (Å²) in [6.07, 6.45) is 0. The summed E-state index contributed by atoms with van der Waals surface area (Å²) in [5, 5.41) is 11.3. The standard InChI is InChI=1S/C24H17FN2O5S/c1-32-23-17(13-5-8-15(25)9-6-13)3-2-4-18(23)24-26-19-10-7-14-11-16(33(29,30)31)12-20(28)21(14)22(19)27-24/h2-12,28H,1H3,(H,26,27)(H,29,30,31). The van der Waals surface area contributed by atoms with Gasteiger partial charge >= 0.3 is 0 Å². The molecule has 7 nitrogen and oxygen atoms in total. The number of phenolic OH excluding ortho intramolecular Hbond substituents is 1. The lowest BCUT2D eigenvalue weighted by Crippen LogP contribution is -1.97. The van der Waals surface area contributed by atoms with Crippen LogP contribution in [0.2, 0.25) is 0 Å². The Morgan fingerprint density at radius 3 is 2.42 bits per heavy atom. The van der Waals surface area contributed by atoms with E-state index in [2.05, 4.69) is 9.97 Å². The Hall–Kier alpha value is -3.95. The van der Waals surface area contributed by atoms with Crippen molar-refractivity contribution in [1.29, 1.82) is 0 Å². The molecule has 1 heterocycles. The van der Waals surface area contributed by atoms with Gasteiger partial charge in [0.25, 0.3) is 10.1 Å². The van der Waals surface area contributed by atoms with Crippen LogP contribution < -0.4 is 4.74 Å². The van der Waals surface area contributed by atoms with Crippen LogP contribution in [0.1, 0.15) is 0 Å². The van der Waals surface area contributed by atoms with E-state index in [4.69, 9.17) is 4.74 Å². The van der Waals surface area contributed by atoms with E-state index in [0.717, 1.165) is 17.2 Å². The van der Waals surface area contributed by atoms with Gasteiger partial charge in [0.15, 0.2) is 0 Å². The number of para-hydroxylation sites is 1. The minimum atomic E-state index is -4.48. The van der Waals surface area contributed by atoms with Crippen LogP contribution in [0.15, 0.2) is 71.6 Å². The van der Waals surface area contributed by atoms with E-state index in [-0.39, 0.29) is 11.6 Å². The van der Waals surface area contributed by atoms with Gasteiger partial charge in [0.1, 0.15) is 28.7 Å². The zero-order chi connectivity index (χ0) is 23.3. The van der Waals surface area contributed by atoms with Crippen molar-refractivity contribution in [2.45, 2.75) is 4.90 Å². The van der Waals surface area contributed by atoms with Crippen LogP contribution in [0.4, 0.5) is 4.39 Å². The Bertz CT molecular complexity index is 1640. The molecule has 0 atom stereocenters. The topological polar surface area (TPSA) is 113 Å². The van der Waals surface area contributed by atoms with E-state index >= 15 is 0 Å². The monoisotopic (exact) mass is 464 g/mol. The summed E-state index contributed by atoms with van der Waals surface area (Å²) in [7, 11) is -2.94. The number of imidazole rings is 1. The molecule has 0 unspecified atom stereocenters. The number of hydrogen-bond acceptors (Lipinski definition) is 5. The number of rotatable bonds is 4. The number of halogens is 1. The van der Waals surface area contributed by atoms with Gasteiger partial charge in [-0.1, -0.05) is 30.3 Å². The number of nitrogens with zero attached hydrogens (tertiary/aromatic N) is 1. The number of H-pyrrole nitrogens is 1. The smallest absolute Gasteiger partial charge is 0.294 e. The molecule has 0 bridgehead atoms. The Kier molecular flexibility index (Phi) is 4.80. The second kappa shape index (κ2) is 7.58. The minimum absolute atomic E-state index is 0.323. The summed E-state index contributed by atoms with van der Waals surface area (Å²) in [5.74, 6) is 0.340. The lowest BCUT2D eigenvalue weighted by atomic mass is 10.0. The molecule has 0 amide bonds. The molecule has 0 saturated carbocycles. The number of nitrogens with one attached hydrogen (secondary N) is 1. The molecule has 0 aliphatic rings. The van der Waals surface area contributed by atoms with Crippen LogP contribution in [-0.2, 0) is 10.1 Å². The third-order valence-corrected chi connectivity index (χ3v) is 6.28. The molecule has 0 spiro atoms. The Balaban J connectivity index is 1.72. The Labute approximate surface area is 187 Å². The minimum Gasteiger partial charge on any atom is -0.507 e. The lowest BCUT2D eigenvalue weighted by molar-refractivity contribution is 0.418. The van der Waals surface area contributed by atoms with Crippen molar-refractivity contribution in [2.75, 3.05) is 7.11 Å². The van der Waals surface area contributed by atoms with Gasteiger partial charge in [0.05, 0.1) is 28.5 Å². The fraction of sp³-hybridized carbons (Fsp3) is 0.0417. The number of fused-ring (bicyclic) bond motifs is 3. The maximum Gasteiger partial charge on any atom is 0.294 e. The maximum atomic E-state index is 13.4. The first-order chi connectivity index (χ1) is 15.8. The third-order valence-electron chi connectivity index (χ3n) is 5.45. The van der Waals surface area contributed by atoms with E-state index in [1.54, 1.807) is 24.3 Å². The van der Waals surface area contributed by atoms with Crippen molar-refractivity contribution in [3.05, 3.63) is 72.5 Å². The lowest BCUT2D eigenvalue weighted by Gasteiger charge is -2.12. The van der Waals surface area contributed by atoms with Crippen LogP contribution in [0.25, 0.3) is 44.3 Å². The van der Waals surface area contributed by atoms with Gasteiger partial charge < -0.3 is 14.8 Å². The number of aromatic amines is 1. The molecule has 166 valence electrons. The Morgan fingerprint density at radius 1 is 1.00 bits per heavy atom. The molecule has 0 fully saturated rings. The van der Waals surface area contributed by atoms with Gasteiger partial charge in [-0.3, -0.25) is 4.55 Å². The molecule has 33 heavy (non-hydrogen) atoms. The van der Waals surface area contributed by atoms with E-state index in [1.165, 1.54) is 25.3 Å². The van der Waals surface area contributed by atoms with Crippen molar-refractivity contribution in [3.63, 3.8) is 0 Å². The SMILES string of the molecule is COc1c(-c2ccc(F)cc2)cccc1-c1nc2c(ccc3cc(S(=O)(=O)O)cc(O)c32)[nH]1. The summed E-state index contributed by atoms with van der Waals surface area (Å²) in [5.41, 5.74) is 3.21. The number of hydrogen-bond donors (Lipinski definition) is 3. The normalized spacial score (nSPS) is 11.8. The van der Waals surface area contributed by atoms with Crippen molar-refractivity contribution in [1.82, 2.24) is 9.97 Å². The predicted octanol–water partition coefficient (Wildman–Crippen LogP) is 5.15. The first-order valence-corrected chi connectivity index (χ1v) is 11.3. The van der Waals surface area contributed by atoms with Crippen LogP contribution in [-0.4, -0.2) is 35.2 Å². The zero-order valence-electron chi connectivity index (χ0n) is 17.2. The maximum absolute atomic E-state index is 13.4. The van der Waals surface area contributed by atoms with Gasteiger partial charge in [-0.25, -0.2) is 9.37 Å². The number of aromatic hydroxyl groups is 1. The first kappa shape index (κ1) is 20.9. The Morgan fingerprint density at radius 2 is 1.73 bits per heavy atom. The van der Waals surface area contributed by atoms with E-state index in [9.17, 15) is 22.5 Å². The third kappa shape index (κ3) is 3.57. The number of aromatic nitrogens is 2. The van der Waals surface area contributed by atoms with E-state index in [1.807, 2.05) is 18.2 Å². The predicted molar refractivity (Wildman–Crippen MR) is 122 cm³/mol. The van der Waals surface area contributed by atoms with Crippen molar-refractivity contribution >= 4 is 31.9 Å². The number of ether oxygens (including phenoxy) is 1. The molecule has 4 aromatic carbocycles. The van der Waals surface area contributed by atoms with Crippen LogP contribution in [0.3, 0.4) is 0 Å². The second-order valence-electron chi connectivity index (χ2n) is 7.46. The largest absolute Gasteiger partial charge is 0.507 e. The van der Waals surface area contributed by atoms with E-state index < -0.39 is 15.0 Å². The van der Waals surface area contributed by atoms with Gasteiger partial charge in [0, 0.05) is 11.6 Å². The van der Waals surface area contributed by atoms with Crippen molar-refractivity contribution in [3.8, 4) is 34.0 Å². The molecule has 0 aliphatic carbocycles. The summed E-state index contributed by atoms with van der Waals surface area (Å²) in [4.78, 5) is 7.46. The average molecular weight is 464 g/mol. The average Bonchev–Trinajstić information content (AvgIpc) is 3.22. The summed E-state index contributed by atoms with van der Waals surface area (Å²) < 4.78 is 51.4. The summed E-state index contributed by atoms with van der Waals surface area (Å²) in [6.45, 7) is 0. The quantitative estimate of drug-likeness (QED) is 0.317. The number of methoxy groups -OCH3 is 1. The molecule has 0 aliphatic heterocycles. The van der Waals surface area contributed by atoms with Crippen LogP contribution >= 0.6 is 0 Å². The number of phenols is 1. The van der Waals surface area contributed by atoms with Crippen LogP contribution in [0.5, 0.6) is 11.5 Å². The first-order valence-electron chi connectivity index (χ1n) is 9.82. The van der Waals surface area contributed by atoms with Crippen molar-refractivity contribution in [2.24, 2.45) is 0 Å². The molecule has 3 N–H and O–H groups in total. The second-order valence-corrected chi connectivity index (χ2v) is 8.88. The highest BCUT2D eigenvalue weighted by molar-refractivity contribution is 7.85. The molecule has 0 saturated heterocycles. The van der Waals surface area contributed by atoms with Gasteiger partial charge in [-0.05, 0) is 41.3 Å². The molecule has 5 aromatic rings. The van der Waals surface area contributed by atoms with Crippen molar-refractivity contribution < 1.29 is 27.2 Å². The van der Waals surface area contributed by atoms with Crippen LogP contribution in [0, 0.1) is 5.82 Å².